The number of likely N-dealkylation sites (N-methyl/N-ethyl adjacent to an activating group) is 1. The molecule has 1 aromatic heterocycles. The van der Waals surface area contributed by atoms with Crippen LogP contribution >= 0.6 is 34.5 Å². The molecule has 0 radical (unpaired) electrons. The monoisotopic (exact) mass is 358 g/mol. The standard InChI is InChI=1S/C14H16Cl2N4OS/c1-3-13-18-19-14(22-13)17-12(21)8-20(2)7-9-4-5-10(15)6-11(9)16/h4-6H,3,7-8H2,1-2H3,(H,17,19,21). The maximum atomic E-state index is 12.0. The van der Waals surface area contributed by atoms with E-state index in [0.717, 1.165) is 17.0 Å². The zero-order chi connectivity index (χ0) is 16.1. The fourth-order valence-corrected chi connectivity index (χ4v) is 3.01. The highest BCUT2D eigenvalue weighted by atomic mass is 35.5. The minimum atomic E-state index is -0.133. The molecule has 0 unspecified atom stereocenters. The molecule has 1 amide bonds. The molecule has 118 valence electrons. The lowest BCUT2D eigenvalue weighted by Crippen LogP contribution is -2.29. The van der Waals surface area contributed by atoms with Gasteiger partial charge in [-0.1, -0.05) is 47.5 Å². The van der Waals surface area contributed by atoms with Crippen LogP contribution in [-0.2, 0) is 17.8 Å². The molecule has 1 aromatic carbocycles. The van der Waals surface area contributed by atoms with E-state index in [1.165, 1.54) is 11.3 Å². The Bertz CT molecular complexity index is 662. The number of carbonyl (C=O) groups excluding carboxylic acids is 1. The highest BCUT2D eigenvalue weighted by Gasteiger charge is 2.11. The summed E-state index contributed by atoms with van der Waals surface area (Å²) in [7, 11) is 1.85. The van der Waals surface area contributed by atoms with E-state index in [4.69, 9.17) is 23.2 Å². The normalized spacial score (nSPS) is 11.0. The Labute approximate surface area is 143 Å². The molecule has 22 heavy (non-hydrogen) atoms. The van der Waals surface area contributed by atoms with Crippen LogP contribution in [0.2, 0.25) is 10.0 Å². The predicted molar refractivity (Wildman–Crippen MR) is 90.7 cm³/mol. The summed E-state index contributed by atoms with van der Waals surface area (Å²) in [6.07, 6.45) is 0.808. The van der Waals surface area contributed by atoms with Gasteiger partial charge < -0.3 is 0 Å². The van der Waals surface area contributed by atoms with E-state index in [1.807, 2.05) is 24.9 Å². The van der Waals surface area contributed by atoms with E-state index in [9.17, 15) is 4.79 Å². The largest absolute Gasteiger partial charge is 0.299 e. The van der Waals surface area contributed by atoms with Crippen molar-refractivity contribution in [3.05, 3.63) is 38.8 Å². The molecule has 2 rings (SSSR count). The molecule has 0 fully saturated rings. The van der Waals surface area contributed by atoms with Crippen molar-refractivity contribution < 1.29 is 4.79 Å². The number of aryl methyl sites for hydroxylation is 1. The van der Waals surface area contributed by atoms with Crippen LogP contribution in [0.3, 0.4) is 0 Å². The zero-order valence-electron chi connectivity index (χ0n) is 12.3. The summed E-state index contributed by atoms with van der Waals surface area (Å²) >= 11 is 13.4. The van der Waals surface area contributed by atoms with Gasteiger partial charge in [-0.15, -0.1) is 10.2 Å². The molecule has 1 N–H and O–H groups in total. The van der Waals surface area contributed by atoms with Gasteiger partial charge in [-0.05, 0) is 31.2 Å². The molecule has 0 atom stereocenters. The first-order chi connectivity index (χ1) is 10.5. The van der Waals surface area contributed by atoms with Crippen molar-refractivity contribution in [3.8, 4) is 0 Å². The smallest absolute Gasteiger partial charge is 0.240 e. The second kappa shape index (κ2) is 7.87. The molecule has 5 nitrogen and oxygen atoms in total. The van der Waals surface area contributed by atoms with Crippen LogP contribution in [-0.4, -0.2) is 34.6 Å². The molecule has 0 saturated heterocycles. The first kappa shape index (κ1) is 17.1. The van der Waals surface area contributed by atoms with Crippen molar-refractivity contribution in [3.63, 3.8) is 0 Å². The minimum absolute atomic E-state index is 0.133. The summed E-state index contributed by atoms with van der Waals surface area (Å²) in [5.41, 5.74) is 0.922. The Morgan fingerprint density at radius 2 is 2.14 bits per heavy atom. The first-order valence-electron chi connectivity index (χ1n) is 6.72. The molecule has 0 saturated carbocycles. The van der Waals surface area contributed by atoms with E-state index < -0.39 is 0 Å². The number of aromatic nitrogens is 2. The van der Waals surface area contributed by atoms with Crippen LogP contribution in [0, 0.1) is 0 Å². The SMILES string of the molecule is CCc1nnc(NC(=O)CN(C)Cc2ccc(Cl)cc2Cl)s1. The number of halogens is 2. The van der Waals surface area contributed by atoms with Crippen LogP contribution in [0.5, 0.6) is 0 Å². The highest BCUT2D eigenvalue weighted by molar-refractivity contribution is 7.15. The highest BCUT2D eigenvalue weighted by Crippen LogP contribution is 2.22. The predicted octanol–water partition coefficient (Wildman–Crippen LogP) is 3.48. The molecule has 1 heterocycles. The summed E-state index contributed by atoms with van der Waals surface area (Å²) in [5.74, 6) is -0.133. The lowest BCUT2D eigenvalue weighted by atomic mass is 10.2. The number of nitrogens with one attached hydrogen (secondary N) is 1. The molecular weight excluding hydrogens is 343 g/mol. The Morgan fingerprint density at radius 3 is 2.77 bits per heavy atom. The molecule has 0 spiro atoms. The fourth-order valence-electron chi connectivity index (χ4n) is 1.85. The van der Waals surface area contributed by atoms with Gasteiger partial charge >= 0.3 is 0 Å². The van der Waals surface area contributed by atoms with Gasteiger partial charge in [-0.2, -0.15) is 0 Å². The first-order valence-corrected chi connectivity index (χ1v) is 8.30. The Hall–Kier alpha value is -1.21. The van der Waals surface area contributed by atoms with Gasteiger partial charge in [0.05, 0.1) is 6.54 Å². The average Bonchev–Trinajstić information content (AvgIpc) is 2.89. The maximum Gasteiger partial charge on any atom is 0.240 e. The van der Waals surface area contributed by atoms with E-state index in [0.29, 0.717) is 21.7 Å². The van der Waals surface area contributed by atoms with E-state index in [2.05, 4.69) is 15.5 Å². The molecule has 8 heteroatoms. The summed E-state index contributed by atoms with van der Waals surface area (Å²) in [4.78, 5) is 13.8. The van der Waals surface area contributed by atoms with Gasteiger partial charge in [0.2, 0.25) is 11.0 Å². The Balaban J connectivity index is 1.88. The molecule has 2 aromatic rings. The van der Waals surface area contributed by atoms with Gasteiger partial charge in [0.1, 0.15) is 5.01 Å². The number of anilines is 1. The molecule has 0 aliphatic carbocycles. The van der Waals surface area contributed by atoms with E-state index in [1.54, 1.807) is 12.1 Å². The second-order valence-electron chi connectivity index (χ2n) is 4.81. The van der Waals surface area contributed by atoms with Crippen LogP contribution < -0.4 is 5.32 Å². The maximum absolute atomic E-state index is 12.0. The second-order valence-corrected chi connectivity index (χ2v) is 6.72. The fraction of sp³-hybridized carbons (Fsp3) is 0.357. The summed E-state index contributed by atoms with van der Waals surface area (Å²) in [5, 5.41) is 13.3. The van der Waals surface area contributed by atoms with Crippen molar-refractivity contribution in [1.29, 1.82) is 0 Å². The van der Waals surface area contributed by atoms with Crippen molar-refractivity contribution in [1.82, 2.24) is 15.1 Å². The Morgan fingerprint density at radius 1 is 1.36 bits per heavy atom. The van der Waals surface area contributed by atoms with Crippen molar-refractivity contribution in [2.75, 3.05) is 18.9 Å². The van der Waals surface area contributed by atoms with Gasteiger partial charge in [0.15, 0.2) is 0 Å². The average molecular weight is 359 g/mol. The third-order valence-corrected chi connectivity index (χ3v) is 4.45. The van der Waals surface area contributed by atoms with Crippen LogP contribution in [0.15, 0.2) is 18.2 Å². The van der Waals surface area contributed by atoms with Crippen molar-refractivity contribution >= 4 is 45.6 Å². The number of rotatable bonds is 6. The lowest BCUT2D eigenvalue weighted by Gasteiger charge is -2.16. The third kappa shape index (κ3) is 4.91. The van der Waals surface area contributed by atoms with E-state index in [-0.39, 0.29) is 12.5 Å². The molecule has 0 bridgehead atoms. The number of carbonyl (C=O) groups is 1. The number of hydrogen-bond acceptors (Lipinski definition) is 5. The van der Waals surface area contributed by atoms with Crippen molar-refractivity contribution in [2.45, 2.75) is 19.9 Å². The number of amides is 1. The van der Waals surface area contributed by atoms with Gasteiger partial charge in [-0.25, -0.2) is 0 Å². The minimum Gasteiger partial charge on any atom is -0.299 e. The summed E-state index contributed by atoms with van der Waals surface area (Å²) in [6, 6.07) is 5.33. The summed E-state index contributed by atoms with van der Waals surface area (Å²) < 4.78 is 0. The Kier molecular flexibility index (Phi) is 6.14. The number of hydrogen-bond donors (Lipinski definition) is 1. The van der Waals surface area contributed by atoms with Crippen molar-refractivity contribution in [2.24, 2.45) is 0 Å². The molecule has 0 aliphatic heterocycles. The zero-order valence-corrected chi connectivity index (χ0v) is 14.6. The van der Waals surface area contributed by atoms with Crippen LogP contribution in [0.1, 0.15) is 17.5 Å². The lowest BCUT2D eigenvalue weighted by molar-refractivity contribution is -0.117. The number of nitrogens with zero attached hydrogens (tertiary/aromatic N) is 3. The van der Waals surface area contributed by atoms with Crippen LogP contribution in [0.25, 0.3) is 0 Å². The van der Waals surface area contributed by atoms with Gasteiger partial charge in [0.25, 0.3) is 0 Å². The summed E-state index contributed by atoms with van der Waals surface area (Å²) in [6.45, 7) is 2.79. The van der Waals surface area contributed by atoms with Gasteiger partial charge in [0, 0.05) is 16.6 Å². The molecule has 0 aliphatic rings. The number of benzene rings is 1. The quantitative estimate of drug-likeness (QED) is 0.858. The van der Waals surface area contributed by atoms with Crippen LogP contribution in [0.4, 0.5) is 5.13 Å². The topological polar surface area (TPSA) is 58.1 Å². The van der Waals surface area contributed by atoms with E-state index >= 15 is 0 Å². The van der Waals surface area contributed by atoms with Gasteiger partial charge in [-0.3, -0.25) is 15.0 Å². The third-order valence-electron chi connectivity index (χ3n) is 2.88. The molecular formula is C14H16Cl2N4OS.